The van der Waals surface area contributed by atoms with Crippen molar-refractivity contribution in [1.82, 2.24) is 41.5 Å². The molecule has 1 fully saturated rings. The highest BCUT2D eigenvalue weighted by molar-refractivity contribution is 5.97. The maximum atomic E-state index is 14.3. The number of rotatable bonds is 25. The second-order valence-corrected chi connectivity index (χ2v) is 16.1. The van der Waals surface area contributed by atoms with E-state index in [0.29, 0.717) is 24.1 Å². The van der Waals surface area contributed by atoms with E-state index in [1.54, 1.807) is 27.7 Å². The van der Waals surface area contributed by atoms with Gasteiger partial charge in [-0.25, -0.2) is 9.78 Å². The number of carbonyl (C=O) groups excluding carboxylic acids is 6. The first-order chi connectivity index (χ1) is 30.2. The molecule has 0 saturated carbocycles. The number of carbonyl (C=O) groups is 8. The van der Waals surface area contributed by atoms with Gasteiger partial charge in [0, 0.05) is 37.8 Å². The van der Waals surface area contributed by atoms with Crippen LogP contribution < -0.4 is 43.8 Å². The molecule has 0 radical (unpaired) electrons. The SMILES string of the molecule is CC[C@H](C)[C@H](NC(=O)[C@H](Cc1ccc(O)cc1)NC(=O)[C@H](NC(=O)[C@H](CCCN=C(N)N)NC(=O)[C@@H](N)CC(=O)O)C(C)C)C(=O)N[C@@H](Cc1cnc[nH]1)C(=O)N1CCC[C@@H]1C(=O)O. The molecule has 64 heavy (non-hydrogen) atoms. The van der Waals surface area contributed by atoms with E-state index in [9.17, 15) is 48.6 Å². The van der Waals surface area contributed by atoms with Gasteiger partial charge in [0.15, 0.2) is 5.96 Å². The smallest absolute Gasteiger partial charge is 0.326 e. The molecule has 0 aliphatic carbocycles. The van der Waals surface area contributed by atoms with Gasteiger partial charge in [0.1, 0.15) is 42.0 Å². The molecule has 23 heteroatoms. The van der Waals surface area contributed by atoms with Gasteiger partial charge in [-0.1, -0.05) is 46.2 Å². The van der Waals surface area contributed by atoms with Gasteiger partial charge in [0.25, 0.3) is 0 Å². The van der Waals surface area contributed by atoms with Crippen LogP contribution in [0.1, 0.15) is 77.5 Å². The Morgan fingerprint density at radius 3 is 2.03 bits per heavy atom. The summed E-state index contributed by atoms with van der Waals surface area (Å²) in [6, 6.07) is -3.26. The molecule has 0 spiro atoms. The lowest BCUT2D eigenvalue weighted by atomic mass is 9.96. The van der Waals surface area contributed by atoms with Gasteiger partial charge in [0.05, 0.1) is 18.8 Å². The van der Waals surface area contributed by atoms with Crippen LogP contribution in [-0.4, -0.2) is 139 Å². The molecule has 23 nitrogen and oxygen atoms in total. The zero-order valence-corrected chi connectivity index (χ0v) is 36.4. The number of aromatic hydroxyl groups is 1. The Balaban J connectivity index is 1.91. The van der Waals surface area contributed by atoms with Crippen molar-refractivity contribution in [2.45, 2.75) is 121 Å². The summed E-state index contributed by atoms with van der Waals surface area (Å²) in [5.41, 5.74) is 17.5. The van der Waals surface area contributed by atoms with Crippen LogP contribution in [0.25, 0.3) is 0 Å². The number of amides is 6. The van der Waals surface area contributed by atoms with Gasteiger partial charge >= 0.3 is 11.9 Å². The van der Waals surface area contributed by atoms with E-state index in [1.165, 1.54) is 41.7 Å². The fourth-order valence-corrected chi connectivity index (χ4v) is 6.98. The number of H-pyrrole nitrogens is 1. The van der Waals surface area contributed by atoms with E-state index in [4.69, 9.17) is 22.3 Å². The molecule has 3 rings (SSSR count). The number of aromatic nitrogens is 2. The maximum Gasteiger partial charge on any atom is 0.326 e. The van der Waals surface area contributed by atoms with Crippen molar-refractivity contribution in [3.8, 4) is 5.75 Å². The zero-order valence-electron chi connectivity index (χ0n) is 36.4. The fourth-order valence-electron chi connectivity index (χ4n) is 6.98. The molecule has 1 aromatic carbocycles. The number of aliphatic imine (C=N–C) groups is 1. The lowest BCUT2D eigenvalue weighted by Crippen LogP contribution is -2.62. The van der Waals surface area contributed by atoms with Gasteiger partial charge in [-0.15, -0.1) is 0 Å². The first kappa shape index (κ1) is 51.6. The van der Waals surface area contributed by atoms with Gasteiger partial charge in [0.2, 0.25) is 35.4 Å². The predicted molar refractivity (Wildman–Crippen MR) is 231 cm³/mol. The van der Waals surface area contributed by atoms with Crippen LogP contribution in [-0.2, 0) is 51.2 Å². The third-order valence-electron chi connectivity index (χ3n) is 10.8. The highest BCUT2D eigenvalue weighted by Crippen LogP contribution is 2.20. The second kappa shape index (κ2) is 24.8. The standard InChI is InChI=1S/C41H62N12O11/c1-5-22(4)33(38(61)50-29(17-24-19-45-20-47-24)39(62)53-15-7-9-30(53)40(63)64)52-36(59)28(16-23-10-12-25(54)13-11-23)49-37(60)32(21(2)3)51-35(58)27(8-6-14-46-41(43)44)48-34(57)26(42)18-31(55)56/h10-13,19-22,26-30,32-33,54H,5-9,14-18,42H2,1-4H3,(H,45,47)(H,48,57)(H,49,60)(H,50,61)(H,51,58)(H,52,59)(H,55,56)(H,63,64)(H4,43,44,46)/t22-,26-,27-,28-,29-,30+,32+,33-/m0/s1. The second-order valence-electron chi connectivity index (χ2n) is 16.1. The number of aliphatic carboxylic acids is 2. The number of hydrogen-bond donors (Lipinski definition) is 12. The Kier molecular flexibility index (Phi) is 19.9. The van der Waals surface area contributed by atoms with Crippen LogP contribution in [0.15, 0.2) is 41.8 Å². The Morgan fingerprint density at radius 1 is 0.844 bits per heavy atom. The van der Waals surface area contributed by atoms with Crippen LogP contribution in [0, 0.1) is 11.8 Å². The van der Waals surface area contributed by atoms with Gasteiger partial charge in [-0.2, -0.15) is 0 Å². The maximum absolute atomic E-state index is 14.3. The molecule has 0 bridgehead atoms. The van der Waals surface area contributed by atoms with Crippen molar-refractivity contribution >= 4 is 53.3 Å². The van der Waals surface area contributed by atoms with Crippen LogP contribution in [0.3, 0.4) is 0 Å². The number of imidazole rings is 1. The number of hydrogen-bond acceptors (Lipinski definition) is 12. The summed E-state index contributed by atoms with van der Waals surface area (Å²) in [5.74, 6) is -8.67. The number of likely N-dealkylation sites (tertiary alicyclic amines) is 1. The molecule has 2 aromatic rings. The van der Waals surface area contributed by atoms with Crippen LogP contribution >= 0.6 is 0 Å². The topological polar surface area (TPSA) is 380 Å². The predicted octanol–water partition coefficient (Wildman–Crippen LogP) is -2.04. The molecule has 8 atom stereocenters. The highest BCUT2D eigenvalue weighted by atomic mass is 16.4. The van der Waals surface area contributed by atoms with Crippen molar-refractivity contribution in [2.75, 3.05) is 13.1 Å². The van der Waals surface area contributed by atoms with Crippen LogP contribution in [0.4, 0.5) is 0 Å². The van der Waals surface area contributed by atoms with Crippen molar-refractivity contribution < 1.29 is 53.7 Å². The average molecular weight is 899 g/mol. The molecular formula is C41H62N12O11. The number of carboxylic acids is 2. The minimum absolute atomic E-state index is 0.0436. The molecule has 6 amide bonds. The van der Waals surface area contributed by atoms with Crippen molar-refractivity contribution in [3.05, 3.63) is 48.0 Å². The zero-order chi connectivity index (χ0) is 47.7. The summed E-state index contributed by atoms with van der Waals surface area (Å²) in [4.78, 5) is 118. The normalized spacial score (nSPS) is 16.8. The third kappa shape index (κ3) is 15.8. The Labute approximate surface area is 370 Å². The minimum atomic E-state index is -1.49. The number of phenols is 1. The molecule has 1 aliphatic rings. The number of benzene rings is 1. The van der Waals surface area contributed by atoms with E-state index in [-0.39, 0.29) is 56.9 Å². The third-order valence-corrected chi connectivity index (χ3v) is 10.8. The summed E-state index contributed by atoms with van der Waals surface area (Å²) in [6.45, 7) is 6.98. The minimum Gasteiger partial charge on any atom is -0.508 e. The molecule has 352 valence electrons. The number of nitrogens with one attached hydrogen (secondary N) is 6. The largest absolute Gasteiger partial charge is 0.508 e. The van der Waals surface area contributed by atoms with Crippen molar-refractivity contribution in [1.29, 1.82) is 0 Å². The fraction of sp³-hybridized carbons (Fsp3) is 0.561. The van der Waals surface area contributed by atoms with E-state index in [2.05, 4.69) is 41.5 Å². The van der Waals surface area contributed by atoms with Gasteiger partial charge in [-0.05, 0) is 55.2 Å². The molecule has 1 aromatic heterocycles. The van der Waals surface area contributed by atoms with Crippen molar-refractivity contribution in [2.24, 2.45) is 34.0 Å². The number of nitrogens with zero attached hydrogens (tertiary/aromatic N) is 3. The monoisotopic (exact) mass is 898 g/mol. The number of guanidine groups is 1. The molecule has 2 heterocycles. The van der Waals surface area contributed by atoms with Gasteiger partial charge < -0.3 is 69.0 Å². The lowest BCUT2D eigenvalue weighted by molar-refractivity contribution is -0.149. The van der Waals surface area contributed by atoms with Gasteiger partial charge in [-0.3, -0.25) is 38.6 Å². The van der Waals surface area contributed by atoms with E-state index < -0.39 is 108 Å². The first-order valence-corrected chi connectivity index (χ1v) is 21.0. The van der Waals surface area contributed by atoms with E-state index in [1.807, 2.05) is 0 Å². The Bertz CT molecular complexity index is 1960. The summed E-state index contributed by atoms with van der Waals surface area (Å²) < 4.78 is 0. The number of phenolic OH excluding ortho intramolecular Hbond substituents is 1. The number of carboxylic acid groups (broad SMARTS) is 2. The first-order valence-electron chi connectivity index (χ1n) is 21.0. The summed E-state index contributed by atoms with van der Waals surface area (Å²) in [5, 5.41) is 42.0. The van der Waals surface area contributed by atoms with Crippen LogP contribution in [0.2, 0.25) is 0 Å². The summed E-state index contributed by atoms with van der Waals surface area (Å²) in [7, 11) is 0. The Morgan fingerprint density at radius 2 is 1.45 bits per heavy atom. The molecular weight excluding hydrogens is 837 g/mol. The molecule has 15 N–H and O–H groups in total. The van der Waals surface area contributed by atoms with E-state index in [0.717, 1.165) is 0 Å². The summed E-state index contributed by atoms with van der Waals surface area (Å²) in [6.07, 6.45) is 3.14. The quantitative estimate of drug-likeness (QED) is 0.0290. The van der Waals surface area contributed by atoms with Crippen LogP contribution in [0.5, 0.6) is 5.75 Å². The number of nitrogens with two attached hydrogens (primary N) is 3. The highest BCUT2D eigenvalue weighted by Gasteiger charge is 2.40. The average Bonchev–Trinajstić information content (AvgIpc) is 3.95. The summed E-state index contributed by atoms with van der Waals surface area (Å²) >= 11 is 0. The van der Waals surface area contributed by atoms with Crippen molar-refractivity contribution in [3.63, 3.8) is 0 Å². The molecule has 0 unspecified atom stereocenters. The molecule has 1 aliphatic heterocycles. The lowest BCUT2D eigenvalue weighted by Gasteiger charge is -2.31. The Hall–Kier alpha value is -6.78. The van der Waals surface area contributed by atoms with E-state index >= 15 is 0 Å². The molecule has 1 saturated heterocycles. The number of aromatic amines is 1.